The minimum atomic E-state index is -0.715. The van der Waals surface area contributed by atoms with Gasteiger partial charge in [0, 0.05) is 19.2 Å². The first-order valence-electron chi connectivity index (χ1n) is 6.06. The van der Waals surface area contributed by atoms with Crippen LogP contribution < -0.4 is 0 Å². The van der Waals surface area contributed by atoms with Crippen molar-refractivity contribution in [3.05, 3.63) is 24.0 Å². The minimum absolute atomic E-state index is 0.271. The molecule has 0 amide bonds. The number of carbonyl (C=O) groups is 2. The first kappa shape index (κ1) is 13.5. The summed E-state index contributed by atoms with van der Waals surface area (Å²) in [7, 11) is 0. The molecule has 1 heterocycles. The van der Waals surface area contributed by atoms with E-state index in [-0.39, 0.29) is 6.42 Å². The van der Waals surface area contributed by atoms with E-state index in [1.165, 1.54) is 0 Å². The van der Waals surface area contributed by atoms with Crippen molar-refractivity contribution in [2.75, 3.05) is 0 Å². The lowest BCUT2D eigenvalue weighted by Gasteiger charge is -2.04. The molecule has 0 atom stereocenters. The Morgan fingerprint density at radius 1 is 1.24 bits per heavy atom. The number of carboxylic acid groups (broad SMARTS) is 1. The number of aryl methyl sites for hydroxylation is 1. The lowest BCUT2D eigenvalue weighted by atomic mass is 10.1. The quantitative estimate of drug-likeness (QED) is 0.530. The molecule has 17 heavy (non-hydrogen) atoms. The van der Waals surface area contributed by atoms with Gasteiger partial charge in [-0.1, -0.05) is 19.3 Å². The molecule has 0 bridgehead atoms. The summed E-state index contributed by atoms with van der Waals surface area (Å²) in [5.41, 5.74) is 0.718. The molecule has 0 aliphatic heterocycles. The highest BCUT2D eigenvalue weighted by atomic mass is 16.4. The van der Waals surface area contributed by atoms with Gasteiger partial charge >= 0.3 is 5.97 Å². The van der Waals surface area contributed by atoms with Gasteiger partial charge < -0.3 is 9.67 Å². The summed E-state index contributed by atoms with van der Waals surface area (Å²) in [6, 6.07) is 3.68. The Morgan fingerprint density at radius 2 is 1.94 bits per heavy atom. The third kappa shape index (κ3) is 5.33. The van der Waals surface area contributed by atoms with Crippen LogP contribution in [0.5, 0.6) is 0 Å². The molecule has 1 rings (SSSR count). The van der Waals surface area contributed by atoms with Crippen LogP contribution in [0.4, 0.5) is 0 Å². The Balaban J connectivity index is 2.04. The molecule has 0 fully saturated rings. The third-order valence-corrected chi connectivity index (χ3v) is 2.78. The zero-order chi connectivity index (χ0) is 12.5. The molecule has 1 aromatic heterocycles. The van der Waals surface area contributed by atoms with Crippen molar-refractivity contribution < 1.29 is 14.7 Å². The fourth-order valence-electron chi connectivity index (χ4n) is 1.83. The molecule has 1 aromatic rings. The van der Waals surface area contributed by atoms with Crippen molar-refractivity contribution in [1.82, 2.24) is 4.57 Å². The predicted octanol–water partition coefficient (Wildman–Crippen LogP) is 2.73. The van der Waals surface area contributed by atoms with Crippen LogP contribution >= 0.6 is 0 Å². The van der Waals surface area contributed by atoms with Gasteiger partial charge in [0.05, 0.1) is 5.69 Å². The van der Waals surface area contributed by atoms with E-state index in [4.69, 9.17) is 5.11 Å². The van der Waals surface area contributed by atoms with Crippen molar-refractivity contribution in [3.8, 4) is 0 Å². The number of unbranched alkanes of at least 4 members (excludes halogenated alkanes) is 4. The Kier molecular flexibility index (Phi) is 6.07. The topological polar surface area (TPSA) is 59.3 Å². The Hall–Kier alpha value is -1.58. The molecule has 0 aromatic carbocycles. The summed E-state index contributed by atoms with van der Waals surface area (Å²) >= 11 is 0. The largest absolute Gasteiger partial charge is 0.481 e. The van der Waals surface area contributed by atoms with Crippen LogP contribution in [0, 0.1) is 0 Å². The van der Waals surface area contributed by atoms with Gasteiger partial charge in [-0.25, -0.2) is 0 Å². The zero-order valence-electron chi connectivity index (χ0n) is 9.97. The van der Waals surface area contributed by atoms with E-state index in [1.807, 2.05) is 16.8 Å². The molecular formula is C13H19NO3. The van der Waals surface area contributed by atoms with Crippen molar-refractivity contribution in [2.24, 2.45) is 0 Å². The van der Waals surface area contributed by atoms with Crippen LogP contribution in [-0.2, 0) is 11.3 Å². The van der Waals surface area contributed by atoms with Crippen LogP contribution in [0.3, 0.4) is 0 Å². The number of aldehydes is 1. The maximum Gasteiger partial charge on any atom is 0.303 e. The van der Waals surface area contributed by atoms with Crippen molar-refractivity contribution in [3.63, 3.8) is 0 Å². The molecule has 0 saturated carbocycles. The van der Waals surface area contributed by atoms with Gasteiger partial charge in [0.1, 0.15) is 0 Å². The van der Waals surface area contributed by atoms with Gasteiger partial charge in [-0.2, -0.15) is 0 Å². The molecular weight excluding hydrogens is 218 g/mol. The summed E-state index contributed by atoms with van der Waals surface area (Å²) in [4.78, 5) is 20.9. The Labute approximate surface area is 101 Å². The van der Waals surface area contributed by atoms with E-state index >= 15 is 0 Å². The van der Waals surface area contributed by atoms with Gasteiger partial charge in [0.25, 0.3) is 0 Å². The van der Waals surface area contributed by atoms with Crippen LogP contribution in [0.2, 0.25) is 0 Å². The lowest BCUT2D eigenvalue weighted by Crippen LogP contribution is -2.00. The molecule has 0 aliphatic rings. The van der Waals surface area contributed by atoms with Crippen LogP contribution in [-0.4, -0.2) is 21.9 Å². The lowest BCUT2D eigenvalue weighted by molar-refractivity contribution is -0.137. The predicted molar refractivity (Wildman–Crippen MR) is 65.2 cm³/mol. The number of hydrogen-bond donors (Lipinski definition) is 1. The number of rotatable bonds is 9. The maximum atomic E-state index is 10.6. The van der Waals surface area contributed by atoms with Crippen molar-refractivity contribution in [1.29, 1.82) is 0 Å². The normalized spacial score (nSPS) is 10.4. The van der Waals surface area contributed by atoms with E-state index in [1.54, 1.807) is 6.07 Å². The maximum absolute atomic E-state index is 10.6. The average Bonchev–Trinajstić information content (AvgIpc) is 2.74. The highest BCUT2D eigenvalue weighted by Gasteiger charge is 1.99. The fourth-order valence-corrected chi connectivity index (χ4v) is 1.83. The molecule has 0 radical (unpaired) electrons. The second kappa shape index (κ2) is 7.65. The second-order valence-electron chi connectivity index (χ2n) is 4.16. The van der Waals surface area contributed by atoms with Crippen molar-refractivity contribution in [2.45, 2.75) is 45.1 Å². The van der Waals surface area contributed by atoms with Gasteiger partial charge in [-0.3, -0.25) is 9.59 Å². The summed E-state index contributed by atoms with van der Waals surface area (Å²) in [6.07, 6.45) is 7.95. The molecule has 94 valence electrons. The van der Waals surface area contributed by atoms with Gasteiger partial charge in [-0.05, 0) is 25.0 Å². The average molecular weight is 237 g/mol. The van der Waals surface area contributed by atoms with E-state index in [2.05, 4.69) is 0 Å². The molecule has 0 unspecified atom stereocenters. The molecule has 0 aliphatic carbocycles. The summed E-state index contributed by atoms with van der Waals surface area (Å²) in [5.74, 6) is -0.715. The highest BCUT2D eigenvalue weighted by molar-refractivity contribution is 5.72. The van der Waals surface area contributed by atoms with Crippen LogP contribution in [0.15, 0.2) is 18.3 Å². The van der Waals surface area contributed by atoms with E-state index in [0.717, 1.165) is 50.6 Å². The van der Waals surface area contributed by atoms with Gasteiger partial charge in [-0.15, -0.1) is 0 Å². The van der Waals surface area contributed by atoms with Crippen molar-refractivity contribution >= 4 is 12.3 Å². The number of nitrogens with zero attached hydrogens (tertiary/aromatic N) is 1. The number of carboxylic acids is 1. The summed E-state index contributed by atoms with van der Waals surface area (Å²) in [5, 5.41) is 8.46. The molecule has 1 N–H and O–H groups in total. The summed E-state index contributed by atoms with van der Waals surface area (Å²) in [6.45, 7) is 0.861. The Morgan fingerprint density at radius 3 is 2.65 bits per heavy atom. The SMILES string of the molecule is O=Cc1cccn1CCCCCCCC(=O)O. The monoisotopic (exact) mass is 237 g/mol. The first-order valence-corrected chi connectivity index (χ1v) is 6.06. The Bertz CT molecular complexity index is 357. The van der Waals surface area contributed by atoms with Gasteiger partial charge in [0.2, 0.25) is 0 Å². The first-order chi connectivity index (χ1) is 8.24. The minimum Gasteiger partial charge on any atom is -0.481 e. The fraction of sp³-hybridized carbons (Fsp3) is 0.538. The summed E-state index contributed by atoms with van der Waals surface area (Å²) < 4.78 is 1.95. The highest BCUT2D eigenvalue weighted by Crippen LogP contribution is 2.08. The zero-order valence-corrected chi connectivity index (χ0v) is 9.97. The smallest absolute Gasteiger partial charge is 0.303 e. The number of hydrogen-bond acceptors (Lipinski definition) is 2. The van der Waals surface area contributed by atoms with E-state index in [0.29, 0.717) is 0 Å². The number of carbonyl (C=O) groups excluding carboxylic acids is 1. The van der Waals surface area contributed by atoms with E-state index < -0.39 is 5.97 Å². The van der Waals surface area contributed by atoms with Crippen LogP contribution in [0.25, 0.3) is 0 Å². The van der Waals surface area contributed by atoms with Gasteiger partial charge in [0.15, 0.2) is 6.29 Å². The third-order valence-electron chi connectivity index (χ3n) is 2.78. The number of aromatic nitrogens is 1. The molecule has 0 spiro atoms. The van der Waals surface area contributed by atoms with Crippen LogP contribution in [0.1, 0.15) is 49.0 Å². The standard InChI is InChI=1S/C13H19NO3/c15-11-12-7-6-10-14(12)9-5-3-1-2-4-8-13(16)17/h6-7,10-11H,1-5,8-9H2,(H,16,17). The molecule has 0 saturated heterocycles. The second-order valence-corrected chi connectivity index (χ2v) is 4.16. The molecule has 4 nitrogen and oxygen atoms in total. The number of aliphatic carboxylic acids is 1. The van der Waals surface area contributed by atoms with E-state index in [9.17, 15) is 9.59 Å². The molecule has 4 heteroatoms.